The summed E-state index contributed by atoms with van der Waals surface area (Å²) in [6.07, 6.45) is 0.944. The van der Waals surface area contributed by atoms with Gasteiger partial charge in [-0.3, -0.25) is 9.36 Å². The van der Waals surface area contributed by atoms with Crippen molar-refractivity contribution < 1.29 is 14.3 Å². The Labute approximate surface area is 83.4 Å². The molecule has 0 amide bonds. The van der Waals surface area contributed by atoms with Crippen molar-refractivity contribution in [1.82, 2.24) is 0 Å². The zero-order valence-corrected chi connectivity index (χ0v) is 9.29. The molecule has 0 aromatic carbocycles. The zero-order valence-electron chi connectivity index (χ0n) is 6.83. The third kappa shape index (κ3) is 8.54. The number of hydrogen-bond donors (Lipinski definition) is 1. The lowest BCUT2D eigenvalue weighted by molar-refractivity contribution is -0.111. The van der Waals surface area contributed by atoms with Crippen LogP contribution in [0.4, 0.5) is 0 Å². The van der Waals surface area contributed by atoms with Crippen LogP contribution in [0.2, 0.25) is 0 Å². The fourth-order valence-corrected chi connectivity index (χ4v) is 2.42. The van der Waals surface area contributed by atoms with E-state index < -0.39 is 12.6 Å². The topological polar surface area (TPSA) is 54.4 Å². The van der Waals surface area contributed by atoms with Gasteiger partial charge in [0.15, 0.2) is 0 Å². The van der Waals surface area contributed by atoms with Crippen molar-refractivity contribution in [3.8, 4) is 0 Å². The molecule has 0 aliphatic carbocycles. The third-order valence-electron chi connectivity index (χ3n) is 1.23. The van der Waals surface area contributed by atoms with Crippen LogP contribution < -0.4 is 0 Å². The molecule has 0 fully saturated rings. The molecule has 0 saturated carbocycles. The Morgan fingerprint density at radius 1 is 1.50 bits per heavy atom. The highest BCUT2D eigenvalue weighted by molar-refractivity contribution is 7.58. The first kappa shape index (κ1) is 14.9. The molecular weight excluding hydrogens is 222 g/mol. The second-order valence-electron chi connectivity index (χ2n) is 2.40. The van der Waals surface area contributed by atoms with E-state index in [0.29, 0.717) is 6.42 Å². The first-order valence-electron chi connectivity index (χ1n) is 3.47. The largest absolute Gasteiger partial charge is 0.344 e. The molecule has 0 rings (SSSR count). The first-order valence-corrected chi connectivity index (χ1v) is 5.88. The zero-order chi connectivity index (χ0) is 8.91. The fraction of sp³-hybridized carbons (Fsp3) is 0.833. The van der Waals surface area contributed by atoms with Gasteiger partial charge in [0.05, 0.1) is 0 Å². The van der Waals surface area contributed by atoms with Gasteiger partial charge in [-0.1, -0.05) is 6.92 Å². The summed E-state index contributed by atoms with van der Waals surface area (Å²) in [5.74, 6) is 0. The molecule has 0 aliphatic rings. The maximum atomic E-state index is 11.1. The van der Waals surface area contributed by atoms with Crippen LogP contribution in [0.5, 0.6) is 0 Å². The van der Waals surface area contributed by atoms with Crippen LogP contribution in [0, 0.1) is 0 Å². The average molecular weight is 235 g/mol. The van der Waals surface area contributed by atoms with Gasteiger partial charge in [0.2, 0.25) is 12.6 Å². The highest BCUT2D eigenvalue weighted by atomic mass is 35.5. The molecule has 12 heavy (non-hydrogen) atoms. The molecule has 0 aromatic heterocycles. The number of carbonyl (C=O) groups excluding carboxylic acids is 1. The van der Waals surface area contributed by atoms with Crippen LogP contribution in [0.3, 0.4) is 0 Å². The van der Waals surface area contributed by atoms with Gasteiger partial charge in [-0.15, -0.1) is 12.4 Å². The molecule has 3 nitrogen and oxygen atoms in total. The minimum atomic E-state index is -3.05. The second kappa shape index (κ2) is 6.90. The Bertz CT molecular complexity index is 184. The van der Waals surface area contributed by atoms with Crippen molar-refractivity contribution in [2.24, 2.45) is 0 Å². The van der Waals surface area contributed by atoms with Gasteiger partial charge in [-0.2, -0.15) is 0 Å². The lowest BCUT2D eigenvalue weighted by atomic mass is 10.5. The van der Waals surface area contributed by atoms with Crippen LogP contribution >= 0.6 is 31.4 Å². The molecular formula is C6H13Cl2O3P. The van der Waals surface area contributed by atoms with E-state index in [1.165, 1.54) is 0 Å². The first-order chi connectivity index (χ1) is 4.98. The molecule has 0 saturated heterocycles. The summed E-state index contributed by atoms with van der Waals surface area (Å²) < 4.78 is 11.1. The van der Waals surface area contributed by atoms with Crippen LogP contribution in [-0.4, -0.2) is 22.5 Å². The summed E-state index contributed by atoms with van der Waals surface area (Å²) >= 11 is 5.01. The van der Waals surface area contributed by atoms with Gasteiger partial charge in [0.25, 0.3) is 0 Å². The van der Waals surface area contributed by atoms with Crippen molar-refractivity contribution >= 4 is 36.6 Å². The number of carbonyl (C=O) groups is 1. The molecule has 0 aromatic rings. The number of hydrogen-bond acceptors (Lipinski definition) is 2. The quantitative estimate of drug-likeness (QED) is 0.587. The molecule has 0 radical (unpaired) electrons. The van der Waals surface area contributed by atoms with Crippen LogP contribution in [0.15, 0.2) is 0 Å². The Kier molecular flexibility index (Phi) is 8.59. The molecule has 1 unspecified atom stereocenters. The predicted octanol–water partition coefficient (Wildman–Crippen LogP) is 2.24. The van der Waals surface area contributed by atoms with E-state index in [9.17, 15) is 9.36 Å². The standard InChI is InChI=1S/C6H12ClO3P.ClH/c1-2-4-11(9,10)5-3-6(7)8;/h2-5H2,1H3,(H,9,10);1H. The van der Waals surface area contributed by atoms with Crippen molar-refractivity contribution in [1.29, 1.82) is 0 Å². The smallest absolute Gasteiger partial charge is 0.222 e. The normalized spacial score (nSPS) is 14.6. The van der Waals surface area contributed by atoms with E-state index in [-0.39, 0.29) is 31.2 Å². The van der Waals surface area contributed by atoms with Crippen molar-refractivity contribution in [3.05, 3.63) is 0 Å². The highest BCUT2D eigenvalue weighted by Gasteiger charge is 2.17. The SMILES string of the molecule is CCCP(=O)(O)CCC(=O)Cl.Cl. The summed E-state index contributed by atoms with van der Waals surface area (Å²) in [5.41, 5.74) is 0. The van der Waals surface area contributed by atoms with Crippen LogP contribution in [0.25, 0.3) is 0 Å². The van der Waals surface area contributed by atoms with Gasteiger partial charge >= 0.3 is 0 Å². The molecule has 1 N–H and O–H groups in total. The van der Waals surface area contributed by atoms with Crippen molar-refractivity contribution in [2.75, 3.05) is 12.3 Å². The average Bonchev–Trinajstić information content (AvgIpc) is 1.84. The molecule has 0 spiro atoms. The van der Waals surface area contributed by atoms with Crippen molar-refractivity contribution in [3.63, 3.8) is 0 Å². The van der Waals surface area contributed by atoms with E-state index >= 15 is 0 Å². The Hall–Kier alpha value is 0.440. The van der Waals surface area contributed by atoms with E-state index in [2.05, 4.69) is 0 Å². The minimum absolute atomic E-state index is 0. The highest BCUT2D eigenvalue weighted by Crippen LogP contribution is 2.41. The second-order valence-corrected chi connectivity index (χ2v) is 5.41. The van der Waals surface area contributed by atoms with Gasteiger partial charge in [0, 0.05) is 18.7 Å². The summed E-state index contributed by atoms with van der Waals surface area (Å²) in [6, 6.07) is 0. The van der Waals surface area contributed by atoms with E-state index in [1.54, 1.807) is 0 Å². The molecule has 0 bridgehead atoms. The molecule has 6 heteroatoms. The van der Waals surface area contributed by atoms with Gasteiger partial charge < -0.3 is 4.89 Å². The van der Waals surface area contributed by atoms with Crippen molar-refractivity contribution in [2.45, 2.75) is 19.8 Å². The van der Waals surface area contributed by atoms with Gasteiger partial charge in [-0.05, 0) is 18.0 Å². The van der Waals surface area contributed by atoms with Gasteiger partial charge in [-0.25, -0.2) is 0 Å². The van der Waals surface area contributed by atoms with Gasteiger partial charge in [0.1, 0.15) is 0 Å². The number of rotatable bonds is 5. The molecule has 1 atom stereocenters. The monoisotopic (exact) mass is 234 g/mol. The maximum absolute atomic E-state index is 11.1. The third-order valence-corrected chi connectivity index (χ3v) is 3.49. The Morgan fingerprint density at radius 3 is 2.33 bits per heavy atom. The fourth-order valence-electron chi connectivity index (χ4n) is 0.724. The maximum Gasteiger partial charge on any atom is 0.222 e. The lowest BCUT2D eigenvalue weighted by Crippen LogP contribution is -1.97. The molecule has 0 heterocycles. The minimum Gasteiger partial charge on any atom is -0.344 e. The number of halogens is 2. The van der Waals surface area contributed by atoms with Crippen LogP contribution in [0.1, 0.15) is 19.8 Å². The lowest BCUT2D eigenvalue weighted by Gasteiger charge is -2.07. The Balaban J connectivity index is 0. The summed E-state index contributed by atoms with van der Waals surface area (Å²) in [5, 5.41) is -0.546. The Morgan fingerprint density at radius 2 is 2.00 bits per heavy atom. The van der Waals surface area contributed by atoms with Crippen LogP contribution in [-0.2, 0) is 9.36 Å². The summed E-state index contributed by atoms with van der Waals surface area (Å²) in [4.78, 5) is 19.3. The molecule has 0 aliphatic heterocycles. The van der Waals surface area contributed by atoms with E-state index in [0.717, 1.165) is 0 Å². The summed E-state index contributed by atoms with van der Waals surface area (Å²) in [7, 11) is -3.05. The van der Waals surface area contributed by atoms with E-state index in [4.69, 9.17) is 16.5 Å². The summed E-state index contributed by atoms with van der Waals surface area (Å²) in [6.45, 7) is 1.82. The molecule has 74 valence electrons. The van der Waals surface area contributed by atoms with E-state index in [1.807, 2.05) is 6.92 Å². The predicted molar refractivity (Wildman–Crippen MR) is 52.6 cm³/mol.